The van der Waals surface area contributed by atoms with Gasteiger partial charge in [0.05, 0.1) is 0 Å². The highest BCUT2D eigenvalue weighted by Crippen LogP contribution is 2.26. The summed E-state index contributed by atoms with van der Waals surface area (Å²) in [7, 11) is 0. The molecule has 0 amide bonds. The van der Waals surface area contributed by atoms with Crippen LogP contribution in [-0.2, 0) is 0 Å². The summed E-state index contributed by atoms with van der Waals surface area (Å²) in [5.74, 6) is 1.14. The lowest BCUT2D eigenvalue weighted by Gasteiger charge is -2.15. The van der Waals surface area contributed by atoms with Gasteiger partial charge in [0.1, 0.15) is 0 Å². The van der Waals surface area contributed by atoms with Crippen LogP contribution >= 0.6 is 0 Å². The summed E-state index contributed by atoms with van der Waals surface area (Å²) in [6.45, 7) is 8.83. The Morgan fingerprint density at radius 3 is 2.07 bits per heavy atom. The minimum Gasteiger partial charge on any atom is -0.0911 e. The average molecular weight is 188 g/mol. The Balaban J connectivity index is 3.06. The third-order valence-corrected chi connectivity index (χ3v) is 2.59. The van der Waals surface area contributed by atoms with Crippen LogP contribution in [0.5, 0.6) is 0 Å². The van der Waals surface area contributed by atoms with Crippen molar-refractivity contribution in [3.05, 3.63) is 47.5 Å². The number of rotatable bonds is 3. The van der Waals surface area contributed by atoms with E-state index in [0.29, 0.717) is 11.8 Å². The van der Waals surface area contributed by atoms with Crippen LogP contribution in [0.1, 0.15) is 50.7 Å². The fraction of sp³-hybridized carbons (Fsp3) is 0.429. The fourth-order valence-corrected chi connectivity index (χ4v) is 1.84. The van der Waals surface area contributed by atoms with Gasteiger partial charge in [-0.25, -0.2) is 0 Å². The van der Waals surface area contributed by atoms with Gasteiger partial charge in [0.2, 0.25) is 0 Å². The van der Waals surface area contributed by atoms with Crippen LogP contribution in [0.15, 0.2) is 36.4 Å². The SMILES string of the molecule is CC=CC(C)c1ccccc1C(C)C. The largest absolute Gasteiger partial charge is 0.0911 e. The molecule has 0 saturated heterocycles. The molecule has 1 unspecified atom stereocenters. The van der Waals surface area contributed by atoms with Gasteiger partial charge in [0, 0.05) is 0 Å². The zero-order valence-electron chi connectivity index (χ0n) is 9.62. The van der Waals surface area contributed by atoms with Crippen LogP contribution in [0, 0.1) is 0 Å². The maximum atomic E-state index is 2.25. The van der Waals surface area contributed by atoms with Crippen molar-refractivity contribution in [2.45, 2.75) is 39.5 Å². The monoisotopic (exact) mass is 188 g/mol. The summed E-state index contributed by atoms with van der Waals surface area (Å²) >= 11 is 0. The Bertz CT molecular complexity index is 308. The molecule has 0 nitrogen and oxygen atoms in total. The molecule has 0 N–H and O–H groups in total. The Morgan fingerprint density at radius 1 is 1.00 bits per heavy atom. The van der Waals surface area contributed by atoms with Crippen molar-refractivity contribution >= 4 is 0 Å². The maximum absolute atomic E-state index is 2.25. The van der Waals surface area contributed by atoms with Gasteiger partial charge in [-0.1, -0.05) is 57.2 Å². The number of hydrogen-bond acceptors (Lipinski definition) is 0. The standard InChI is InChI=1S/C14H20/c1-5-8-12(4)14-10-7-6-9-13(14)11(2)3/h5-12H,1-4H3. The molecule has 1 atom stereocenters. The predicted molar refractivity (Wildman–Crippen MR) is 63.8 cm³/mol. The Morgan fingerprint density at radius 2 is 1.57 bits per heavy atom. The van der Waals surface area contributed by atoms with E-state index in [1.165, 1.54) is 11.1 Å². The quantitative estimate of drug-likeness (QED) is 0.613. The van der Waals surface area contributed by atoms with Crippen molar-refractivity contribution in [3.8, 4) is 0 Å². The van der Waals surface area contributed by atoms with Crippen LogP contribution in [0.4, 0.5) is 0 Å². The molecule has 76 valence electrons. The molecule has 0 heteroatoms. The van der Waals surface area contributed by atoms with Crippen molar-refractivity contribution in [2.24, 2.45) is 0 Å². The second kappa shape index (κ2) is 4.99. The lowest BCUT2D eigenvalue weighted by atomic mass is 9.90. The lowest BCUT2D eigenvalue weighted by molar-refractivity contribution is 0.822. The van der Waals surface area contributed by atoms with E-state index >= 15 is 0 Å². The minimum absolute atomic E-state index is 0.526. The molecule has 0 saturated carbocycles. The molecular weight excluding hydrogens is 168 g/mol. The Hall–Kier alpha value is -1.04. The molecule has 0 aliphatic rings. The summed E-state index contributed by atoms with van der Waals surface area (Å²) in [5.41, 5.74) is 2.93. The summed E-state index contributed by atoms with van der Waals surface area (Å²) in [5, 5.41) is 0. The first-order chi connectivity index (χ1) is 6.66. The molecule has 0 aliphatic heterocycles. The van der Waals surface area contributed by atoms with Crippen LogP contribution in [-0.4, -0.2) is 0 Å². The van der Waals surface area contributed by atoms with Gasteiger partial charge in [-0.3, -0.25) is 0 Å². The van der Waals surface area contributed by atoms with Gasteiger partial charge in [0.15, 0.2) is 0 Å². The van der Waals surface area contributed by atoms with Gasteiger partial charge in [-0.05, 0) is 29.9 Å². The number of benzene rings is 1. The normalized spacial score (nSPS) is 13.8. The van der Waals surface area contributed by atoms with Gasteiger partial charge in [-0.2, -0.15) is 0 Å². The van der Waals surface area contributed by atoms with E-state index in [0.717, 1.165) is 0 Å². The van der Waals surface area contributed by atoms with Crippen LogP contribution < -0.4 is 0 Å². The maximum Gasteiger partial charge on any atom is -0.000772 e. The van der Waals surface area contributed by atoms with E-state index in [4.69, 9.17) is 0 Å². The second-order valence-corrected chi connectivity index (χ2v) is 4.10. The van der Waals surface area contributed by atoms with Crippen molar-refractivity contribution < 1.29 is 0 Å². The van der Waals surface area contributed by atoms with E-state index in [1.54, 1.807) is 0 Å². The van der Waals surface area contributed by atoms with E-state index in [9.17, 15) is 0 Å². The molecular formula is C14H20. The first-order valence-electron chi connectivity index (χ1n) is 5.38. The third kappa shape index (κ3) is 2.47. The minimum atomic E-state index is 0.526. The molecule has 0 radical (unpaired) electrons. The fourth-order valence-electron chi connectivity index (χ4n) is 1.84. The summed E-state index contributed by atoms with van der Waals surface area (Å²) < 4.78 is 0. The zero-order valence-corrected chi connectivity index (χ0v) is 9.62. The molecule has 0 heterocycles. The van der Waals surface area contributed by atoms with Gasteiger partial charge in [0.25, 0.3) is 0 Å². The molecule has 1 rings (SSSR count). The van der Waals surface area contributed by atoms with Crippen LogP contribution in [0.2, 0.25) is 0 Å². The molecule has 0 spiro atoms. The van der Waals surface area contributed by atoms with Crippen molar-refractivity contribution in [1.82, 2.24) is 0 Å². The molecule has 0 aromatic heterocycles. The first kappa shape index (κ1) is 11.0. The predicted octanol–water partition coefficient (Wildman–Crippen LogP) is 4.49. The third-order valence-electron chi connectivity index (χ3n) is 2.59. The number of hydrogen-bond donors (Lipinski definition) is 0. The Kier molecular flexibility index (Phi) is 3.94. The molecule has 1 aromatic rings. The van der Waals surface area contributed by atoms with Gasteiger partial charge < -0.3 is 0 Å². The summed E-state index contributed by atoms with van der Waals surface area (Å²) in [6, 6.07) is 8.72. The molecule has 1 aromatic carbocycles. The molecule has 0 fully saturated rings. The average Bonchev–Trinajstić information content (AvgIpc) is 2.18. The molecule has 0 aliphatic carbocycles. The van der Waals surface area contributed by atoms with Crippen molar-refractivity contribution in [2.75, 3.05) is 0 Å². The lowest BCUT2D eigenvalue weighted by Crippen LogP contribution is -1.98. The Labute approximate surface area is 87.7 Å². The highest BCUT2D eigenvalue weighted by molar-refractivity contribution is 5.34. The van der Waals surface area contributed by atoms with Crippen molar-refractivity contribution in [3.63, 3.8) is 0 Å². The van der Waals surface area contributed by atoms with Crippen molar-refractivity contribution in [1.29, 1.82) is 0 Å². The summed E-state index contributed by atoms with van der Waals surface area (Å²) in [6.07, 6.45) is 4.38. The highest BCUT2D eigenvalue weighted by Gasteiger charge is 2.09. The zero-order chi connectivity index (χ0) is 10.6. The first-order valence-corrected chi connectivity index (χ1v) is 5.38. The van der Waals surface area contributed by atoms with Crippen LogP contribution in [0.3, 0.4) is 0 Å². The smallest absolute Gasteiger partial charge is 0.000772 e. The molecule has 0 bridgehead atoms. The van der Waals surface area contributed by atoms with Gasteiger partial charge >= 0.3 is 0 Å². The van der Waals surface area contributed by atoms with Crippen LogP contribution in [0.25, 0.3) is 0 Å². The summed E-state index contributed by atoms with van der Waals surface area (Å²) in [4.78, 5) is 0. The van der Waals surface area contributed by atoms with E-state index in [2.05, 4.69) is 64.1 Å². The topological polar surface area (TPSA) is 0 Å². The van der Waals surface area contributed by atoms with E-state index in [1.807, 2.05) is 0 Å². The van der Waals surface area contributed by atoms with E-state index in [-0.39, 0.29) is 0 Å². The molecule has 14 heavy (non-hydrogen) atoms. The second-order valence-electron chi connectivity index (χ2n) is 4.10. The van der Waals surface area contributed by atoms with E-state index < -0.39 is 0 Å². The highest BCUT2D eigenvalue weighted by atomic mass is 14.1. The van der Waals surface area contributed by atoms with Gasteiger partial charge in [-0.15, -0.1) is 0 Å². The number of allylic oxidation sites excluding steroid dienone is 2.